The third kappa shape index (κ3) is 1.87. The van der Waals surface area contributed by atoms with E-state index in [2.05, 4.69) is 9.97 Å². The summed E-state index contributed by atoms with van der Waals surface area (Å²) in [6.45, 7) is 5.88. The van der Waals surface area contributed by atoms with Crippen LogP contribution in [0.25, 0.3) is 6.08 Å². The van der Waals surface area contributed by atoms with Crippen LogP contribution in [0.15, 0.2) is 12.3 Å². The summed E-state index contributed by atoms with van der Waals surface area (Å²) in [5, 5.41) is 0. The molecule has 0 aliphatic rings. The van der Waals surface area contributed by atoms with Crippen LogP contribution >= 0.6 is 0 Å². The normalized spacial score (nSPS) is 10.8. The number of aromatic nitrogens is 2. The van der Waals surface area contributed by atoms with Crippen LogP contribution in [0, 0.1) is 13.8 Å². The lowest BCUT2D eigenvalue weighted by molar-refractivity contribution is 1.05. The van der Waals surface area contributed by atoms with Gasteiger partial charge >= 0.3 is 0 Å². The molecule has 2 heteroatoms. The molecular formula is C9H12N2. The lowest BCUT2D eigenvalue weighted by atomic mass is 10.3. The van der Waals surface area contributed by atoms with Gasteiger partial charge < -0.3 is 0 Å². The lowest BCUT2D eigenvalue weighted by Gasteiger charge is -1.98. The fourth-order valence-corrected chi connectivity index (χ4v) is 0.872. The Morgan fingerprint density at radius 2 is 2.09 bits per heavy atom. The van der Waals surface area contributed by atoms with Gasteiger partial charge in [0.1, 0.15) is 0 Å². The van der Waals surface area contributed by atoms with Crippen molar-refractivity contribution in [2.75, 3.05) is 0 Å². The average molecular weight is 148 g/mol. The second kappa shape index (κ2) is 3.28. The maximum atomic E-state index is 4.31. The van der Waals surface area contributed by atoms with Gasteiger partial charge in [-0.25, -0.2) is 0 Å². The van der Waals surface area contributed by atoms with Gasteiger partial charge in [0.25, 0.3) is 0 Å². The molecule has 0 atom stereocenters. The highest BCUT2D eigenvalue weighted by Crippen LogP contribution is 2.03. The number of rotatable bonds is 1. The van der Waals surface area contributed by atoms with Gasteiger partial charge in [-0.05, 0) is 26.8 Å². The highest BCUT2D eigenvalue weighted by atomic mass is 14.8. The molecule has 11 heavy (non-hydrogen) atoms. The van der Waals surface area contributed by atoms with Crippen LogP contribution in [0.2, 0.25) is 0 Å². The van der Waals surface area contributed by atoms with Gasteiger partial charge in [0, 0.05) is 6.20 Å². The molecular weight excluding hydrogens is 136 g/mol. The minimum atomic E-state index is 0.962. The summed E-state index contributed by atoms with van der Waals surface area (Å²) >= 11 is 0. The van der Waals surface area contributed by atoms with E-state index in [1.807, 2.05) is 32.9 Å². The average Bonchev–Trinajstić information content (AvgIpc) is 1.98. The molecule has 1 aromatic rings. The maximum absolute atomic E-state index is 4.31. The Labute approximate surface area is 67.0 Å². The van der Waals surface area contributed by atoms with E-state index in [9.17, 15) is 0 Å². The van der Waals surface area contributed by atoms with Crippen LogP contribution in [-0.4, -0.2) is 9.97 Å². The number of aryl methyl sites for hydroxylation is 2. The predicted octanol–water partition coefficient (Wildman–Crippen LogP) is 2.13. The summed E-state index contributed by atoms with van der Waals surface area (Å²) in [5.74, 6) is 0. The molecule has 0 aliphatic carbocycles. The Balaban J connectivity index is 3.12. The van der Waals surface area contributed by atoms with E-state index in [-0.39, 0.29) is 0 Å². The Morgan fingerprint density at radius 1 is 1.36 bits per heavy atom. The minimum Gasteiger partial charge on any atom is -0.257 e. The van der Waals surface area contributed by atoms with Gasteiger partial charge in [-0.1, -0.05) is 6.08 Å². The Morgan fingerprint density at radius 3 is 2.73 bits per heavy atom. The first kappa shape index (κ1) is 7.92. The summed E-state index contributed by atoms with van der Waals surface area (Å²) in [7, 11) is 0. The molecule has 0 spiro atoms. The molecule has 0 saturated heterocycles. The van der Waals surface area contributed by atoms with Crippen molar-refractivity contribution in [2.45, 2.75) is 20.8 Å². The van der Waals surface area contributed by atoms with E-state index in [1.54, 1.807) is 6.20 Å². The van der Waals surface area contributed by atoms with Gasteiger partial charge in [0.05, 0.1) is 17.1 Å². The molecule has 0 fully saturated rings. The van der Waals surface area contributed by atoms with Crippen molar-refractivity contribution in [2.24, 2.45) is 0 Å². The van der Waals surface area contributed by atoms with Crippen LogP contribution in [0.3, 0.4) is 0 Å². The Bertz CT molecular complexity index is 277. The van der Waals surface area contributed by atoms with Gasteiger partial charge in [-0.2, -0.15) is 0 Å². The molecule has 0 bridgehead atoms. The third-order valence-corrected chi connectivity index (χ3v) is 1.44. The molecule has 1 rings (SSSR count). The SMILES string of the molecule is CC=Cc1nc(C)cnc1C. The van der Waals surface area contributed by atoms with Crippen LogP contribution in [0.5, 0.6) is 0 Å². The number of allylic oxidation sites excluding steroid dienone is 1. The maximum Gasteiger partial charge on any atom is 0.0842 e. The van der Waals surface area contributed by atoms with Crippen molar-refractivity contribution in [3.05, 3.63) is 29.4 Å². The van der Waals surface area contributed by atoms with Crippen molar-refractivity contribution < 1.29 is 0 Å². The summed E-state index contributed by atoms with van der Waals surface area (Å²) in [4.78, 5) is 8.50. The van der Waals surface area contributed by atoms with Crippen LogP contribution in [0.4, 0.5) is 0 Å². The highest BCUT2D eigenvalue weighted by molar-refractivity contribution is 5.46. The van der Waals surface area contributed by atoms with E-state index < -0.39 is 0 Å². The summed E-state index contributed by atoms with van der Waals surface area (Å²) in [5.41, 5.74) is 2.91. The molecule has 58 valence electrons. The van der Waals surface area contributed by atoms with Gasteiger partial charge in [0.15, 0.2) is 0 Å². The molecule has 0 N–H and O–H groups in total. The molecule has 0 saturated carbocycles. The van der Waals surface area contributed by atoms with Crippen molar-refractivity contribution in [3.8, 4) is 0 Å². The molecule has 0 amide bonds. The first-order valence-corrected chi connectivity index (χ1v) is 3.67. The molecule has 0 aliphatic heterocycles. The zero-order valence-electron chi connectivity index (χ0n) is 7.13. The zero-order valence-corrected chi connectivity index (χ0v) is 7.13. The fraction of sp³-hybridized carbons (Fsp3) is 0.333. The molecule has 0 unspecified atom stereocenters. The first-order chi connectivity index (χ1) is 5.24. The molecule has 0 radical (unpaired) electrons. The lowest BCUT2D eigenvalue weighted by Crippen LogP contribution is -1.92. The Kier molecular flexibility index (Phi) is 2.36. The molecule has 1 aromatic heterocycles. The van der Waals surface area contributed by atoms with Crippen LogP contribution in [0.1, 0.15) is 24.0 Å². The number of nitrogens with zero attached hydrogens (tertiary/aromatic N) is 2. The summed E-state index contributed by atoms with van der Waals surface area (Å²) < 4.78 is 0. The summed E-state index contributed by atoms with van der Waals surface area (Å²) in [6, 6.07) is 0. The van der Waals surface area contributed by atoms with Gasteiger partial charge in [-0.15, -0.1) is 0 Å². The highest BCUT2D eigenvalue weighted by Gasteiger charge is 1.95. The van der Waals surface area contributed by atoms with E-state index in [0.717, 1.165) is 17.1 Å². The molecule has 2 nitrogen and oxygen atoms in total. The smallest absolute Gasteiger partial charge is 0.0842 e. The fourth-order valence-electron chi connectivity index (χ4n) is 0.872. The van der Waals surface area contributed by atoms with E-state index in [0.29, 0.717) is 0 Å². The van der Waals surface area contributed by atoms with Crippen molar-refractivity contribution in [3.63, 3.8) is 0 Å². The molecule has 0 aromatic carbocycles. The number of hydrogen-bond acceptors (Lipinski definition) is 2. The first-order valence-electron chi connectivity index (χ1n) is 3.67. The van der Waals surface area contributed by atoms with E-state index in [1.165, 1.54) is 0 Å². The van der Waals surface area contributed by atoms with Gasteiger partial charge in [0.2, 0.25) is 0 Å². The minimum absolute atomic E-state index is 0.962. The van der Waals surface area contributed by atoms with Crippen LogP contribution in [-0.2, 0) is 0 Å². The second-order valence-corrected chi connectivity index (χ2v) is 2.48. The third-order valence-electron chi connectivity index (χ3n) is 1.44. The summed E-state index contributed by atoms with van der Waals surface area (Å²) in [6.07, 6.45) is 5.72. The quantitative estimate of drug-likeness (QED) is 0.609. The largest absolute Gasteiger partial charge is 0.257 e. The van der Waals surface area contributed by atoms with Crippen LogP contribution < -0.4 is 0 Å². The van der Waals surface area contributed by atoms with Crippen molar-refractivity contribution in [1.82, 2.24) is 9.97 Å². The van der Waals surface area contributed by atoms with E-state index >= 15 is 0 Å². The predicted molar refractivity (Wildman–Crippen MR) is 46.2 cm³/mol. The number of hydrogen-bond donors (Lipinski definition) is 0. The zero-order chi connectivity index (χ0) is 8.27. The van der Waals surface area contributed by atoms with Gasteiger partial charge in [-0.3, -0.25) is 9.97 Å². The standard InChI is InChI=1S/C9H12N2/c1-4-5-9-8(3)10-6-7(2)11-9/h4-6H,1-3H3. The van der Waals surface area contributed by atoms with Crippen molar-refractivity contribution in [1.29, 1.82) is 0 Å². The van der Waals surface area contributed by atoms with E-state index in [4.69, 9.17) is 0 Å². The topological polar surface area (TPSA) is 25.8 Å². The van der Waals surface area contributed by atoms with Crippen molar-refractivity contribution >= 4 is 6.08 Å². The second-order valence-electron chi connectivity index (χ2n) is 2.48. The Hall–Kier alpha value is -1.18. The molecule has 1 heterocycles. The monoisotopic (exact) mass is 148 g/mol.